The fraction of sp³-hybridized carbons (Fsp3) is 0.263. The first kappa shape index (κ1) is 16.1. The number of carbonyl (C=O) groups excluding carboxylic acids is 2. The van der Waals surface area contributed by atoms with Crippen LogP contribution in [-0.4, -0.2) is 24.5 Å². The van der Waals surface area contributed by atoms with Crippen LogP contribution < -0.4 is 15.0 Å². The lowest BCUT2D eigenvalue weighted by molar-refractivity contribution is -0.129. The largest absolute Gasteiger partial charge is 0.478 e. The number of aryl methyl sites for hydroxylation is 1. The molecular weight excluding hydrogens is 304 g/mol. The Kier molecular flexibility index (Phi) is 4.51. The van der Waals surface area contributed by atoms with Gasteiger partial charge in [0.15, 0.2) is 6.10 Å². The number of para-hydroxylation sites is 1. The predicted molar refractivity (Wildman–Crippen MR) is 93.3 cm³/mol. The number of anilines is 2. The van der Waals surface area contributed by atoms with Gasteiger partial charge in [-0.3, -0.25) is 9.59 Å². The molecule has 3 rings (SSSR count). The van der Waals surface area contributed by atoms with Gasteiger partial charge in [-0.1, -0.05) is 24.3 Å². The number of ether oxygens (including phenoxy) is 1. The monoisotopic (exact) mass is 324 g/mol. The van der Waals surface area contributed by atoms with Gasteiger partial charge >= 0.3 is 0 Å². The number of benzene rings is 2. The summed E-state index contributed by atoms with van der Waals surface area (Å²) in [6, 6.07) is 15.0. The van der Waals surface area contributed by atoms with E-state index in [1.165, 1.54) is 0 Å². The molecule has 1 aliphatic rings. The number of rotatable bonds is 4. The second-order valence-electron chi connectivity index (χ2n) is 5.77. The van der Waals surface area contributed by atoms with Crippen molar-refractivity contribution in [1.82, 2.24) is 0 Å². The Morgan fingerprint density at radius 1 is 1.21 bits per heavy atom. The van der Waals surface area contributed by atoms with Crippen LogP contribution in [-0.2, 0) is 9.59 Å². The lowest BCUT2D eigenvalue weighted by Gasteiger charge is -2.28. The summed E-state index contributed by atoms with van der Waals surface area (Å²) in [5, 5.41) is 2.82. The van der Waals surface area contributed by atoms with E-state index in [-0.39, 0.29) is 18.2 Å². The van der Waals surface area contributed by atoms with Crippen LogP contribution in [0.5, 0.6) is 5.75 Å². The van der Waals surface area contributed by atoms with E-state index in [0.29, 0.717) is 18.0 Å². The van der Waals surface area contributed by atoms with Gasteiger partial charge < -0.3 is 15.0 Å². The molecule has 124 valence electrons. The Balaban J connectivity index is 1.74. The number of nitrogens with zero attached hydrogens (tertiary/aromatic N) is 1. The third kappa shape index (κ3) is 3.25. The number of carbonyl (C=O) groups is 2. The standard InChI is InChI=1S/C19H20N2O3/c1-3-21(14-7-5-4-6-8-14)18(22)12-17-19(23)20-15-11-13(2)9-10-16(15)24-17/h4-11,17H,3,12H2,1-2H3,(H,20,23). The van der Waals surface area contributed by atoms with Gasteiger partial charge in [-0.2, -0.15) is 0 Å². The molecule has 0 aliphatic carbocycles. The highest BCUT2D eigenvalue weighted by atomic mass is 16.5. The summed E-state index contributed by atoms with van der Waals surface area (Å²) in [4.78, 5) is 26.5. The fourth-order valence-corrected chi connectivity index (χ4v) is 2.78. The molecule has 2 amide bonds. The first-order valence-electron chi connectivity index (χ1n) is 8.02. The molecule has 1 unspecified atom stereocenters. The van der Waals surface area contributed by atoms with Gasteiger partial charge in [0, 0.05) is 12.2 Å². The minimum Gasteiger partial charge on any atom is -0.478 e. The van der Waals surface area contributed by atoms with E-state index in [2.05, 4.69) is 5.32 Å². The van der Waals surface area contributed by atoms with Crippen molar-refractivity contribution in [2.45, 2.75) is 26.4 Å². The molecule has 2 aromatic rings. The van der Waals surface area contributed by atoms with Crippen LogP contribution in [0.15, 0.2) is 48.5 Å². The Bertz CT molecular complexity index is 758. The van der Waals surface area contributed by atoms with Gasteiger partial charge in [0.2, 0.25) is 5.91 Å². The third-order valence-electron chi connectivity index (χ3n) is 4.00. The van der Waals surface area contributed by atoms with Crippen molar-refractivity contribution < 1.29 is 14.3 Å². The number of fused-ring (bicyclic) bond motifs is 1. The molecule has 5 nitrogen and oxygen atoms in total. The number of amides is 2. The van der Waals surface area contributed by atoms with E-state index in [1.807, 2.05) is 62.4 Å². The summed E-state index contributed by atoms with van der Waals surface area (Å²) in [5.41, 5.74) is 2.50. The molecule has 0 saturated heterocycles. The van der Waals surface area contributed by atoms with Crippen molar-refractivity contribution in [3.63, 3.8) is 0 Å². The first-order chi connectivity index (χ1) is 11.6. The molecule has 0 aromatic heterocycles. The Hall–Kier alpha value is -2.82. The lowest BCUT2D eigenvalue weighted by Crippen LogP contribution is -2.42. The average Bonchev–Trinajstić information content (AvgIpc) is 2.57. The van der Waals surface area contributed by atoms with Crippen molar-refractivity contribution in [3.8, 4) is 5.75 Å². The van der Waals surface area contributed by atoms with Crippen LogP contribution in [0.25, 0.3) is 0 Å². The maximum Gasteiger partial charge on any atom is 0.266 e. The first-order valence-corrected chi connectivity index (χ1v) is 8.02. The molecule has 1 atom stereocenters. The van der Waals surface area contributed by atoms with E-state index in [4.69, 9.17) is 4.74 Å². The van der Waals surface area contributed by atoms with Gasteiger partial charge in [0.05, 0.1) is 12.1 Å². The summed E-state index contributed by atoms with van der Waals surface area (Å²) >= 11 is 0. The molecule has 1 aliphatic heterocycles. The molecule has 5 heteroatoms. The van der Waals surface area contributed by atoms with Gasteiger partial charge in [0.25, 0.3) is 5.91 Å². The molecule has 24 heavy (non-hydrogen) atoms. The minimum atomic E-state index is -0.814. The van der Waals surface area contributed by atoms with Gasteiger partial charge in [-0.05, 0) is 43.7 Å². The lowest BCUT2D eigenvalue weighted by atomic mass is 10.1. The van der Waals surface area contributed by atoms with Gasteiger partial charge in [-0.15, -0.1) is 0 Å². The number of hydrogen-bond acceptors (Lipinski definition) is 3. The van der Waals surface area contributed by atoms with E-state index >= 15 is 0 Å². The molecule has 1 N–H and O–H groups in total. The molecule has 0 radical (unpaired) electrons. The van der Waals surface area contributed by atoms with Crippen molar-refractivity contribution in [2.24, 2.45) is 0 Å². The van der Waals surface area contributed by atoms with Crippen LogP contribution in [0.2, 0.25) is 0 Å². The third-order valence-corrected chi connectivity index (χ3v) is 4.00. The van der Waals surface area contributed by atoms with Crippen molar-refractivity contribution >= 4 is 23.2 Å². The summed E-state index contributed by atoms with van der Waals surface area (Å²) in [6.07, 6.45) is -0.813. The Morgan fingerprint density at radius 3 is 2.67 bits per heavy atom. The topological polar surface area (TPSA) is 58.6 Å². The van der Waals surface area contributed by atoms with Gasteiger partial charge in [-0.25, -0.2) is 0 Å². The Morgan fingerprint density at radius 2 is 1.96 bits per heavy atom. The maximum absolute atomic E-state index is 12.6. The quantitative estimate of drug-likeness (QED) is 0.940. The fourth-order valence-electron chi connectivity index (χ4n) is 2.78. The molecule has 0 fully saturated rings. The molecule has 0 saturated carbocycles. The van der Waals surface area contributed by atoms with Gasteiger partial charge in [0.1, 0.15) is 5.75 Å². The summed E-state index contributed by atoms with van der Waals surface area (Å²) in [7, 11) is 0. The molecule has 0 spiro atoms. The molecule has 2 aromatic carbocycles. The van der Waals surface area contributed by atoms with Crippen LogP contribution in [0.4, 0.5) is 11.4 Å². The van der Waals surface area contributed by atoms with E-state index in [0.717, 1.165) is 11.3 Å². The highest BCUT2D eigenvalue weighted by molar-refractivity contribution is 6.02. The number of nitrogens with one attached hydrogen (secondary N) is 1. The highest BCUT2D eigenvalue weighted by Crippen LogP contribution is 2.31. The smallest absolute Gasteiger partial charge is 0.266 e. The van der Waals surface area contributed by atoms with E-state index < -0.39 is 6.10 Å². The van der Waals surface area contributed by atoms with Crippen LogP contribution in [0, 0.1) is 6.92 Å². The van der Waals surface area contributed by atoms with E-state index in [9.17, 15) is 9.59 Å². The highest BCUT2D eigenvalue weighted by Gasteiger charge is 2.31. The molecule has 0 bridgehead atoms. The zero-order valence-corrected chi connectivity index (χ0v) is 13.8. The average molecular weight is 324 g/mol. The van der Waals surface area contributed by atoms with Crippen molar-refractivity contribution in [2.75, 3.05) is 16.8 Å². The number of hydrogen-bond donors (Lipinski definition) is 1. The Labute approximate surface area is 141 Å². The summed E-state index contributed by atoms with van der Waals surface area (Å²) < 4.78 is 5.74. The van der Waals surface area contributed by atoms with Crippen LogP contribution >= 0.6 is 0 Å². The van der Waals surface area contributed by atoms with Crippen LogP contribution in [0.3, 0.4) is 0 Å². The normalized spacial score (nSPS) is 15.9. The molecule has 1 heterocycles. The minimum absolute atomic E-state index is 0.00187. The van der Waals surface area contributed by atoms with Crippen molar-refractivity contribution in [1.29, 1.82) is 0 Å². The van der Waals surface area contributed by atoms with Crippen LogP contribution in [0.1, 0.15) is 18.9 Å². The van der Waals surface area contributed by atoms with Crippen molar-refractivity contribution in [3.05, 3.63) is 54.1 Å². The summed E-state index contributed by atoms with van der Waals surface area (Å²) in [6.45, 7) is 4.39. The zero-order valence-electron chi connectivity index (χ0n) is 13.8. The maximum atomic E-state index is 12.6. The predicted octanol–water partition coefficient (Wildman–Crippen LogP) is 3.14. The van der Waals surface area contributed by atoms with E-state index in [1.54, 1.807) is 4.90 Å². The summed E-state index contributed by atoms with van der Waals surface area (Å²) in [5.74, 6) is 0.172. The SMILES string of the molecule is CCN(C(=O)CC1Oc2ccc(C)cc2NC1=O)c1ccccc1. The second kappa shape index (κ2) is 6.74. The molecular formula is C19H20N2O3. The zero-order chi connectivity index (χ0) is 17.1. The second-order valence-corrected chi connectivity index (χ2v) is 5.77.